The van der Waals surface area contributed by atoms with Gasteiger partial charge in [-0.3, -0.25) is 0 Å². The van der Waals surface area contributed by atoms with E-state index in [-0.39, 0.29) is 0 Å². The zero-order valence-electron chi connectivity index (χ0n) is 4.93. The Morgan fingerprint density at radius 3 is 1.80 bits per heavy atom. The van der Waals surface area contributed by atoms with E-state index in [1.54, 1.807) is 12.5 Å². The largest absolute Gasteiger partial charge is 0.473 e. The molecule has 5 nitrogen and oxygen atoms in total. The highest BCUT2D eigenvalue weighted by molar-refractivity contribution is 7.70. The Morgan fingerprint density at radius 2 is 1.70 bits per heavy atom. The molecule has 0 radical (unpaired) electrons. The summed E-state index contributed by atoms with van der Waals surface area (Å²) in [5, 5.41) is 7.30. The maximum absolute atomic E-state index is 9.04. The van der Waals surface area contributed by atoms with E-state index in [1.165, 1.54) is 0 Å². The standard InChI is InChI=1S/C4H4O.H3NO3S/c1-2-4-5-3-1;2-1-5(3)4/h1-4H;2,5H,(H,1,3,4). The minimum Gasteiger partial charge on any atom is -0.473 e. The van der Waals surface area contributed by atoms with Crippen molar-refractivity contribution in [3.63, 3.8) is 0 Å². The second-order valence-electron chi connectivity index (χ2n) is 1.15. The van der Waals surface area contributed by atoms with E-state index in [2.05, 4.69) is 4.42 Å². The number of rotatable bonds is 1. The van der Waals surface area contributed by atoms with Gasteiger partial charge in [0, 0.05) is 0 Å². The minimum atomic E-state index is -2.79. The van der Waals surface area contributed by atoms with E-state index in [9.17, 15) is 0 Å². The highest BCUT2D eigenvalue weighted by Gasteiger charge is 1.61. The number of hydrogen-bond acceptors (Lipinski definition) is 4. The molecule has 0 atom stereocenters. The second kappa shape index (κ2) is 6.27. The van der Waals surface area contributed by atoms with Gasteiger partial charge in [0.15, 0.2) is 0 Å². The first-order chi connectivity index (χ1) is 4.77. The number of thiol groups is 1. The van der Waals surface area contributed by atoms with Gasteiger partial charge in [-0.25, -0.2) is 8.42 Å². The molecule has 0 spiro atoms. The van der Waals surface area contributed by atoms with Crippen LogP contribution >= 0.6 is 0 Å². The fraction of sp³-hybridized carbons (Fsp3) is 0. The molecule has 0 aliphatic rings. The van der Waals surface area contributed by atoms with Crippen molar-refractivity contribution in [3.8, 4) is 0 Å². The third-order valence-corrected chi connectivity index (χ3v) is 0.670. The summed E-state index contributed by atoms with van der Waals surface area (Å²) in [6.45, 7) is 0. The van der Waals surface area contributed by atoms with Crippen molar-refractivity contribution in [2.75, 3.05) is 0 Å². The van der Waals surface area contributed by atoms with Gasteiger partial charge in [0.25, 0.3) is 0 Å². The highest BCUT2D eigenvalue weighted by atomic mass is 32.2. The van der Waals surface area contributed by atoms with Crippen molar-refractivity contribution in [1.82, 2.24) is 4.89 Å². The maximum Gasteiger partial charge on any atom is 0.223 e. The molecule has 0 saturated carbocycles. The molecule has 1 rings (SSSR count). The Kier molecular flexibility index (Phi) is 5.74. The van der Waals surface area contributed by atoms with Crippen LogP contribution in [0.25, 0.3) is 0 Å². The van der Waals surface area contributed by atoms with Gasteiger partial charge in [-0.1, -0.05) is 4.89 Å². The van der Waals surface area contributed by atoms with Gasteiger partial charge >= 0.3 is 0 Å². The third kappa shape index (κ3) is 7.15. The van der Waals surface area contributed by atoms with Gasteiger partial charge in [0.1, 0.15) is 0 Å². The van der Waals surface area contributed by atoms with Gasteiger partial charge in [-0.2, -0.15) is 0 Å². The molecule has 0 bridgehead atoms. The average molecular weight is 165 g/mol. The van der Waals surface area contributed by atoms with E-state index in [1.807, 2.05) is 12.1 Å². The minimum absolute atomic E-state index is 0.981. The van der Waals surface area contributed by atoms with Crippen molar-refractivity contribution in [1.29, 1.82) is 0 Å². The normalized spacial score (nSPS) is 8.60. The molecule has 6 heteroatoms. The van der Waals surface area contributed by atoms with Gasteiger partial charge in [0.2, 0.25) is 10.9 Å². The lowest BCUT2D eigenvalue weighted by Crippen LogP contribution is -2.00. The van der Waals surface area contributed by atoms with Crippen LogP contribution in [0.15, 0.2) is 29.1 Å². The van der Waals surface area contributed by atoms with Gasteiger partial charge in [0.05, 0.1) is 12.5 Å². The molecule has 0 aliphatic carbocycles. The van der Waals surface area contributed by atoms with Crippen molar-refractivity contribution < 1.29 is 18.0 Å². The molecule has 2 N–H and O–H groups in total. The van der Waals surface area contributed by atoms with Crippen LogP contribution in [0.3, 0.4) is 0 Å². The van der Waals surface area contributed by atoms with Crippen molar-refractivity contribution in [3.05, 3.63) is 24.7 Å². The summed E-state index contributed by atoms with van der Waals surface area (Å²) in [5.74, 6) is 0. The summed E-state index contributed by atoms with van der Waals surface area (Å²) in [5.41, 5.74) is 0. The van der Waals surface area contributed by atoms with E-state index in [4.69, 9.17) is 13.6 Å². The summed E-state index contributed by atoms with van der Waals surface area (Å²) in [7, 11) is -2.79. The molecule has 0 saturated heterocycles. The molecule has 1 aromatic rings. The van der Waals surface area contributed by atoms with Crippen LogP contribution in [0.5, 0.6) is 0 Å². The summed E-state index contributed by atoms with van der Waals surface area (Å²) in [6.07, 6.45) is 3.25. The molecule has 0 fully saturated rings. The van der Waals surface area contributed by atoms with Crippen LogP contribution in [0, 0.1) is 0 Å². The Labute approximate surface area is 59.3 Å². The van der Waals surface area contributed by atoms with Crippen molar-refractivity contribution in [2.45, 2.75) is 0 Å². The van der Waals surface area contributed by atoms with Crippen LogP contribution in [0.4, 0.5) is 0 Å². The number of nitrogens with one attached hydrogen (secondary N) is 1. The Hall–Kier alpha value is -0.850. The van der Waals surface area contributed by atoms with Crippen LogP contribution in [-0.4, -0.2) is 13.6 Å². The molecular weight excluding hydrogens is 158 g/mol. The predicted octanol–water partition coefficient (Wildman–Crippen LogP) is -0.229. The van der Waals surface area contributed by atoms with Crippen LogP contribution in [0.1, 0.15) is 0 Å². The lowest BCUT2D eigenvalue weighted by atomic mass is 10.7. The molecule has 0 aliphatic heterocycles. The van der Waals surface area contributed by atoms with E-state index in [0.717, 1.165) is 4.89 Å². The van der Waals surface area contributed by atoms with E-state index in [0.29, 0.717) is 0 Å². The maximum atomic E-state index is 9.04. The zero-order valence-corrected chi connectivity index (χ0v) is 5.82. The fourth-order valence-electron chi connectivity index (χ4n) is 0.227. The molecule has 0 unspecified atom stereocenters. The highest BCUT2D eigenvalue weighted by Crippen LogP contribution is 1.79. The Balaban J connectivity index is 0.000000162. The second-order valence-corrected chi connectivity index (χ2v) is 1.86. The lowest BCUT2D eigenvalue weighted by Gasteiger charge is -1.67. The van der Waals surface area contributed by atoms with Gasteiger partial charge in [-0.05, 0) is 12.1 Å². The average Bonchev–Trinajstić information content (AvgIpc) is 2.43. The summed E-state index contributed by atoms with van der Waals surface area (Å²) in [6, 6.07) is 3.67. The topological polar surface area (TPSA) is 79.5 Å². The Morgan fingerprint density at radius 1 is 1.30 bits per heavy atom. The first kappa shape index (κ1) is 9.15. The summed E-state index contributed by atoms with van der Waals surface area (Å²) < 4.78 is 22.7. The van der Waals surface area contributed by atoms with Crippen molar-refractivity contribution >= 4 is 10.9 Å². The van der Waals surface area contributed by atoms with Crippen LogP contribution in [0.2, 0.25) is 0 Å². The molecule has 1 aromatic heterocycles. The van der Waals surface area contributed by atoms with Gasteiger partial charge in [-0.15, -0.1) is 0 Å². The summed E-state index contributed by atoms with van der Waals surface area (Å²) in [4.78, 5) is 0.981. The first-order valence-corrected chi connectivity index (χ1v) is 3.46. The van der Waals surface area contributed by atoms with Gasteiger partial charge < -0.3 is 9.62 Å². The SMILES string of the molecule is O=[SH](=O)NO.c1ccoc1. The fourth-order valence-corrected chi connectivity index (χ4v) is 0.227. The molecule has 58 valence electrons. The molecule has 1 heterocycles. The molecular formula is C4H7NO4S. The Bertz CT molecular complexity index is 180. The van der Waals surface area contributed by atoms with Crippen molar-refractivity contribution in [2.24, 2.45) is 0 Å². The quantitative estimate of drug-likeness (QED) is 0.396. The molecule has 10 heavy (non-hydrogen) atoms. The van der Waals surface area contributed by atoms with Crippen LogP contribution < -0.4 is 4.89 Å². The lowest BCUT2D eigenvalue weighted by molar-refractivity contribution is 0.247. The van der Waals surface area contributed by atoms with Crippen LogP contribution in [-0.2, 0) is 10.9 Å². The smallest absolute Gasteiger partial charge is 0.223 e. The molecule has 0 aromatic carbocycles. The first-order valence-electron chi connectivity index (χ1n) is 2.28. The third-order valence-electron chi connectivity index (χ3n) is 0.507. The predicted molar refractivity (Wildman–Crippen MR) is 33.9 cm³/mol. The van der Waals surface area contributed by atoms with E-state index >= 15 is 0 Å². The molecule has 0 amide bonds. The number of furan rings is 1. The zero-order chi connectivity index (χ0) is 7.82. The monoisotopic (exact) mass is 165 g/mol. The number of hydrogen-bond donors (Lipinski definition) is 3. The van der Waals surface area contributed by atoms with E-state index < -0.39 is 10.9 Å². The summed E-state index contributed by atoms with van der Waals surface area (Å²) >= 11 is 0.